The van der Waals surface area contributed by atoms with E-state index < -0.39 is 5.97 Å². The molecule has 1 N–H and O–H groups in total. The van der Waals surface area contributed by atoms with Crippen molar-refractivity contribution in [3.8, 4) is 0 Å². The summed E-state index contributed by atoms with van der Waals surface area (Å²) in [6, 6.07) is 7.77. The van der Waals surface area contributed by atoms with Gasteiger partial charge in [-0.1, -0.05) is 6.07 Å². The number of anilines is 1. The molecule has 2 aliphatic rings. The van der Waals surface area contributed by atoms with Crippen molar-refractivity contribution >= 4 is 11.7 Å². The molecular formula is C14H18N2O3. The molecule has 2 aliphatic heterocycles. The number of benzene rings is 1. The van der Waals surface area contributed by atoms with E-state index in [0.29, 0.717) is 11.6 Å². The maximum absolute atomic E-state index is 11.0. The number of piperazine rings is 1. The molecule has 102 valence electrons. The van der Waals surface area contributed by atoms with Gasteiger partial charge in [-0.25, -0.2) is 4.79 Å². The second kappa shape index (κ2) is 5.19. The molecule has 5 nitrogen and oxygen atoms in total. The van der Waals surface area contributed by atoms with Crippen LogP contribution >= 0.6 is 0 Å². The molecular weight excluding hydrogens is 244 g/mol. The summed E-state index contributed by atoms with van der Waals surface area (Å²) in [6.07, 6.45) is 0. The lowest BCUT2D eigenvalue weighted by Crippen LogP contribution is -2.56. The van der Waals surface area contributed by atoms with Gasteiger partial charge >= 0.3 is 5.97 Å². The highest BCUT2D eigenvalue weighted by atomic mass is 16.5. The maximum Gasteiger partial charge on any atom is 0.335 e. The molecule has 0 spiro atoms. The fraction of sp³-hybridized carbons (Fsp3) is 0.500. The second-order valence-electron chi connectivity index (χ2n) is 5.07. The third-order valence-corrected chi connectivity index (χ3v) is 3.91. The highest BCUT2D eigenvalue weighted by Crippen LogP contribution is 2.20. The normalized spacial score (nSPS) is 21.2. The molecule has 0 unspecified atom stereocenters. The van der Waals surface area contributed by atoms with Crippen LogP contribution in [-0.4, -0.2) is 61.4 Å². The van der Waals surface area contributed by atoms with Crippen molar-refractivity contribution in [1.29, 1.82) is 0 Å². The van der Waals surface area contributed by atoms with Crippen molar-refractivity contribution < 1.29 is 14.6 Å². The van der Waals surface area contributed by atoms with Gasteiger partial charge in [0.1, 0.15) is 0 Å². The van der Waals surface area contributed by atoms with Gasteiger partial charge in [-0.2, -0.15) is 0 Å². The summed E-state index contributed by atoms with van der Waals surface area (Å²) in [5, 5.41) is 9.02. The number of rotatable bonds is 3. The van der Waals surface area contributed by atoms with Crippen molar-refractivity contribution in [1.82, 2.24) is 4.90 Å². The minimum absolute atomic E-state index is 0.354. The molecule has 5 heteroatoms. The van der Waals surface area contributed by atoms with Crippen LogP contribution in [-0.2, 0) is 4.74 Å². The predicted octanol–water partition coefficient (Wildman–Crippen LogP) is 0.906. The van der Waals surface area contributed by atoms with Crippen LogP contribution in [0.15, 0.2) is 24.3 Å². The molecule has 1 aromatic carbocycles. The first-order chi connectivity index (χ1) is 9.24. The zero-order valence-electron chi connectivity index (χ0n) is 10.8. The molecule has 2 saturated heterocycles. The monoisotopic (exact) mass is 262 g/mol. The number of carbonyl (C=O) groups is 1. The van der Waals surface area contributed by atoms with E-state index in [1.807, 2.05) is 12.1 Å². The Balaban J connectivity index is 1.64. The van der Waals surface area contributed by atoms with Crippen LogP contribution in [0.5, 0.6) is 0 Å². The summed E-state index contributed by atoms with van der Waals surface area (Å²) in [6.45, 7) is 5.64. The van der Waals surface area contributed by atoms with Crippen LogP contribution in [0.3, 0.4) is 0 Å². The Hall–Kier alpha value is -1.59. The van der Waals surface area contributed by atoms with E-state index in [1.54, 1.807) is 12.1 Å². The molecule has 0 atom stereocenters. The SMILES string of the molecule is O=C(O)c1cccc(N2CCN(C3COC3)CC2)c1. The van der Waals surface area contributed by atoms with Crippen molar-refractivity contribution in [2.24, 2.45) is 0 Å². The Morgan fingerprint density at radius 1 is 1.21 bits per heavy atom. The lowest BCUT2D eigenvalue weighted by atomic mass is 10.1. The van der Waals surface area contributed by atoms with Gasteiger partial charge in [0.25, 0.3) is 0 Å². The molecule has 1 aromatic rings. The molecule has 0 aromatic heterocycles. The first-order valence-electron chi connectivity index (χ1n) is 6.64. The van der Waals surface area contributed by atoms with Crippen molar-refractivity contribution in [3.05, 3.63) is 29.8 Å². The smallest absolute Gasteiger partial charge is 0.335 e. The van der Waals surface area contributed by atoms with E-state index in [9.17, 15) is 4.79 Å². The number of ether oxygens (including phenoxy) is 1. The molecule has 3 rings (SSSR count). The average Bonchev–Trinajstić information content (AvgIpc) is 2.38. The summed E-state index contributed by atoms with van der Waals surface area (Å²) in [5.41, 5.74) is 1.36. The standard InChI is InChI=1S/C14H18N2O3/c17-14(18)11-2-1-3-12(8-11)15-4-6-16(7-5-15)13-9-19-10-13/h1-3,8,13H,4-7,9-10H2,(H,17,18). The second-order valence-corrected chi connectivity index (χ2v) is 5.07. The Morgan fingerprint density at radius 2 is 1.95 bits per heavy atom. The number of hydrogen-bond donors (Lipinski definition) is 1. The number of aromatic carboxylic acids is 1. The zero-order chi connectivity index (χ0) is 13.2. The molecule has 2 heterocycles. The first-order valence-corrected chi connectivity index (χ1v) is 6.64. The predicted molar refractivity (Wildman–Crippen MR) is 71.8 cm³/mol. The number of carboxylic acids is 1. The number of carboxylic acid groups (broad SMARTS) is 1. The zero-order valence-corrected chi connectivity index (χ0v) is 10.8. The van der Waals surface area contributed by atoms with Gasteiger partial charge < -0.3 is 14.7 Å². The van der Waals surface area contributed by atoms with Crippen LogP contribution in [0.2, 0.25) is 0 Å². The van der Waals surface area contributed by atoms with E-state index in [0.717, 1.165) is 45.1 Å². The minimum atomic E-state index is -0.868. The molecule has 0 amide bonds. The topological polar surface area (TPSA) is 53.0 Å². The van der Waals surface area contributed by atoms with Crippen molar-refractivity contribution in [2.75, 3.05) is 44.3 Å². The van der Waals surface area contributed by atoms with Crippen molar-refractivity contribution in [2.45, 2.75) is 6.04 Å². The van der Waals surface area contributed by atoms with Gasteiger partial charge in [-0.15, -0.1) is 0 Å². The molecule has 0 bridgehead atoms. The quantitative estimate of drug-likeness (QED) is 0.877. The van der Waals surface area contributed by atoms with Crippen molar-refractivity contribution in [3.63, 3.8) is 0 Å². The fourth-order valence-electron chi connectivity index (χ4n) is 2.61. The Kier molecular flexibility index (Phi) is 3.40. The highest BCUT2D eigenvalue weighted by Gasteiger charge is 2.28. The molecule has 0 saturated carbocycles. The molecule has 19 heavy (non-hydrogen) atoms. The number of nitrogens with zero attached hydrogens (tertiary/aromatic N) is 2. The van der Waals surface area contributed by atoms with E-state index in [2.05, 4.69) is 9.80 Å². The number of hydrogen-bond acceptors (Lipinski definition) is 4. The van der Waals surface area contributed by atoms with Gasteiger partial charge in [0.15, 0.2) is 0 Å². The Labute approximate surface area is 112 Å². The Bertz CT molecular complexity index is 466. The summed E-state index contributed by atoms with van der Waals surface area (Å²) >= 11 is 0. The Morgan fingerprint density at radius 3 is 2.53 bits per heavy atom. The first kappa shape index (κ1) is 12.4. The van der Waals surface area contributed by atoms with Gasteiger partial charge in [0.2, 0.25) is 0 Å². The largest absolute Gasteiger partial charge is 0.478 e. The summed E-state index contributed by atoms with van der Waals surface area (Å²) < 4.78 is 5.22. The molecule has 2 fully saturated rings. The van der Waals surface area contributed by atoms with Crippen LogP contribution in [0, 0.1) is 0 Å². The summed E-state index contributed by atoms with van der Waals surface area (Å²) in [7, 11) is 0. The summed E-state index contributed by atoms with van der Waals surface area (Å²) in [5.74, 6) is -0.868. The third kappa shape index (κ3) is 2.57. The third-order valence-electron chi connectivity index (χ3n) is 3.91. The maximum atomic E-state index is 11.0. The summed E-state index contributed by atoms with van der Waals surface area (Å²) in [4.78, 5) is 15.7. The van der Waals surface area contributed by atoms with Crippen LogP contribution in [0.1, 0.15) is 10.4 Å². The van der Waals surface area contributed by atoms with Gasteiger partial charge in [0.05, 0.1) is 24.8 Å². The van der Waals surface area contributed by atoms with E-state index in [1.165, 1.54) is 0 Å². The lowest BCUT2D eigenvalue weighted by molar-refractivity contribution is -0.0660. The van der Waals surface area contributed by atoms with E-state index >= 15 is 0 Å². The van der Waals surface area contributed by atoms with Gasteiger partial charge in [-0.05, 0) is 18.2 Å². The highest BCUT2D eigenvalue weighted by molar-refractivity contribution is 5.88. The fourth-order valence-corrected chi connectivity index (χ4v) is 2.61. The van der Waals surface area contributed by atoms with Crippen LogP contribution < -0.4 is 4.90 Å². The lowest BCUT2D eigenvalue weighted by Gasteiger charge is -2.43. The molecule has 0 aliphatic carbocycles. The van der Waals surface area contributed by atoms with E-state index in [4.69, 9.17) is 9.84 Å². The van der Waals surface area contributed by atoms with Crippen LogP contribution in [0.4, 0.5) is 5.69 Å². The molecule has 0 radical (unpaired) electrons. The minimum Gasteiger partial charge on any atom is -0.478 e. The van der Waals surface area contributed by atoms with Gasteiger partial charge in [0, 0.05) is 31.9 Å². The van der Waals surface area contributed by atoms with Gasteiger partial charge in [-0.3, -0.25) is 4.90 Å². The van der Waals surface area contributed by atoms with E-state index in [-0.39, 0.29) is 0 Å². The van der Waals surface area contributed by atoms with Crippen LogP contribution in [0.25, 0.3) is 0 Å². The average molecular weight is 262 g/mol.